The Labute approximate surface area is 108 Å². The largest absolute Gasteiger partial charge is 0.272 e. The summed E-state index contributed by atoms with van der Waals surface area (Å²) in [6, 6.07) is 0. The van der Waals surface area contributed by atoms with Crippen LogP contribution in [0.2, 0.25) is 5.15 Å². The van der Waals surface area contributed by atoms with E-state index in [2.05, 4.69) is 46.8 Å². The van der Waals surface area contributed by atoms with Gasteiger partial charge in [0.2, 0.25) is 0 Å². The molecule has 0 aliphatic carbocycles. The van der Waals surface area contributed by atoms with E-state index in [0.717, 1.165) is 15.0 Å². The lowest BCUT2D eigenvalue weighted by atomic mass is 10.6. The van der Waals surface area contributed by atoms with Crippen molar-refractivity contribution in [3.8, 4) is 5.82 Å². The summed E-state index contributed by atoms with van der Waals surface area (Å²) in [5.41, 5.74) is 0. The van der Waals surface area contributed by atoms with Gasteiger partial charge in [-0.05, 0) is 38.8 Å². The third-order valence-corrected chi connectivity index (χ3v) is 3.77. The average Bonchev–Trinajstić information content (AvgIpc) is 2.41. The van der Waals surface area contributed by atoms with Crippen molar-refractivity contribution in [2.75, 3.05) is 0 Å². The first-order valence-corrected chi connectivity index (χ1v) is 5.94. The molecule has 0 saturated carbocycles. The second-order valence-corrected chi connectivity index (χ2v) is 4.67. The first kappa shape index (κ1) is 11.0. The highest BCUT2D eigenvalue weighted by molar-refractivity contribution is 9.13. The number of hydrogen-bond donors (Lipinski definition) is 0. The summed E-state index contributed by atoms with van der Waals surface area (Å²) in [6.45, 7) is 1.87. The summed E-state index contributed by atoms with van der Waals surface area (Å²) in [7, 11) is 0. The van der Waals surface area contributed by atoms with Gasteiger partial charge in [0.15, 0.2) is 5.82 Å². The summed E-state index contributed by atoms with van der Waals surface area (Å²) in [5, 5.41) is 0.351. The molecule has 0 aliphatic heterocycles. The Balaban J connectivity index is 2.63. The number of rotatable bonds is 1. The molecule has 0 amide bonds. The molecule has 0 bridgehead atoms. The fourth-order valence-electron chi connectivity index (χ4n) is 1.18. The van der Waals surface area contributed by atoms with Crippen LogP contribution < -0.4 is 0 Å². The third-order valence-electron chi connectivity index (χ3n) is 1.77. The lowest BCUT2D eigenvalue weighted by molar-refractivity contribution is 0.903. The second-order valence-electron chi connectivity index (χ2n) is 2.78. The van der Waals surface area contributed by atoms with Crippen LogP contribution in [-0.2, 0) is 0 Å². The van der Waals surface area contributed by atoms with E-state index in [1.54, 1.807) is 6.20 Å². The van der Waals surface area contributed by atoms with Gasteiger partial charge in [0.25, 0.3) is 0 Å². The van der Waals surface area contributed by atoms with E-state index in [-0.39, 0.29) is 0 Å². The molecule has 2 heterocycles. The van der Waals surface area contributed by atoms with Crippen LogP contribution in [-0.4, -0.2) is 19.5 Å². The number of aromatic nitrogens is 4. The number of halogens is 3. The minimum absolute atomic E-state index is 0.351. The zero-order chi connectivity index (χ0) is 11.0. The van der Waals surface area contributed by atoms with Crippen LogP contribution in [0.5, 0.6) is 0 Å². The van der Waals surface area contributed by atoms with Crippen molar-refractivity contribution in [3.63, 3.8) is 0 Å². The van der Waals surface area contributed by atoms with Gasteiger partial charge >= 0.3 is 0 Å². The Morgan fingerprint density at radius 1 is 1.27 bits per heavy atom. The molecule has 0 spiro atoms. The van der Waals surface area contributed by atoms with E-state index in [1.165, 1.54) is 6.20 Å². The lowest BCUT2D eigenvalue weighted by Crippen LogP contribution is -2.01. The standard InChI is InChI=1S/C8H5Br2ClN4/c1-4-13-7(9)8(10)15(4)6-3-12-2-5(11)14-6/h2-3H,1H3. The molecule has 2 aromatic heterocycles. The zero-order valence-electron chi connectivity index (χ0n) is 7.58. The van der Waals surface area contributed by atoms with Gasteiger partial charge < -0.3 is 0 Å². The van der Waals surface area contributed by atoms with Crippen LogP contribution in [0.1, 0.15) is 5.82 Å². The van der Waals surface area contributed by atoms with Gasteiger partial charge in [0.1, 0.15) is 20.2 Å². The van der Waals surface area contributed by atoms with Gasteiger partial charge in [0, 0.05) is 0 Å². The quantitative estimate of drug-likeness (QED) is 0.792. The topological polar surface area (TPSA) is 43.6 Å². The lowest BCUT2D eigenvalue weighted by Gasteiger charge is -2.04. The maximum absolute atomic E-state index is 5.77. The minimum atomic E-state index is 0.351. The highest BCUT2D eigenvalue weighted by Gasteiger charge is 2.12. The summed E-state index contributed by atoms with van der Waals surface area (Å²) >= 11 is 12.5. The fourth-order valence-corrected chi connectivity index (χ4v) is 2.28. The number of aryl methyl sites for hydroxylation is 1. The number of hydrogen-bond acceptors (Lipinski definition) is 3. The van der Waals surface area contributed by atoms with E-state index in [9.17, 15) is 0 Å². The molecule has 2 aromatic rings. The SMILES string of the molecule is Cc1nc(Br)c(Br)n1-c1cncc(Cl)n1. The summed E-state index contributed by atoms with van der Waals surface area (Å²) in [6.07, 6.45) is 3.11. The highest BCUT2D eigenvalue weighted by Crippen LogP contribution is 2.26. The zero-order valence-corrected chi connectivity index (χ0v) is 11.5. The van der Waals surface area contributed by atoms with Crippen molar-refractivity contribution in [2.24, 2.45) is 0 Å². The molecule has 4 nitrogen and oxygen atoms in total. The van der Waals surface area contributed by atoms with Gasteiger partial charge in [-0.3, -0.25) is 9.55 Å². The molecule has 2 rings (SSSR count). The van der Waals surface area contributed by atoms with E-state index < -0.39 is 0 Å². The molecule has 0 N–H and O–H groups in total. The molecule has 0 saturated heterocycles. The number of nitrogens with zero attached hydrogens (tertiary/aromatic N) is 4. The van der Waals surface area contributed by atoms with Gasteiger partial charge in [0.05, 0.1) is 12.4 Å². The van der Waals surface area contributed by atoms with Crippen LogP contribution in [0.15, 0.2) is 21.6 Å². The van der Waals surface area contributed by atoms with Crippen molar-refractivity contribution in [1.29, 1.82) is 0 Å². The molecule has 0 atom stereocenters. The van der Waals surface area contributed by atoms with E-state index >= 15 is 0 Å². The molecule has 7 heteroatoms. The van der Waals surface area contributed by atoms with Crippen molar-refractivity contribution in [3.05, 3.63) is 32.6 Å². The normalized spacial score (nSPS) is 10.7. The predicted molar refractivity (Wildman–Crippen MR) is 64.3 cm³/mol. The molecular weight excluding hydrogens is 347 g/mol. The Morgan fingerprint density at radius 2 is 2.00 bits per heavy atom. The van der Waals surface area contributed by atoms with Crippen LogP contribution >= 0.6 is 43.5 Å². The smallest absolute Gasteiger partial charge is 0.159 e. The monoisotopic (exact) mass is 350 g/mol. The summed E-state index contributed by atoms with van der Waals surface area (Å²) in [4.78, 5) is 12.4. The minimum Gasteiger partial charge on any atom is -0.272 e. The van der Waals surface area contributed by atoms with Gasteiger partial charge in [-0.25, -0.2) is 9.97 Å². The second kappa shape index (κ2) is 4.19. The van der Waals surface area contributed by atoms with E-state index in [4.69, 9.17) is 11.6 Å². The van der Waals surface area contributed by atoms with Crippen molar-refractivity contribution in [2.45, 2.75) is 6.92 Å². The van der Waals surface area contributed by atoms with Crippen molar-refractivity contribution in [1.82, 2.24) is 19.5 Å². The van der Waals surface area contributed by atoms with E-state index in [1.807, 2.05) is 11.5 Å². The van der Waals surface area contributed by atoms with Crippen molar-refractivity contribution >= 4 is 43.5 Å². The predicted octanol–water partition coefficient (Wildman–Crippen LogP) is 3.15. The molecule has 0 radical (unpaired) electrons. The van der Waals surface area contributed by atoms with Gasteiger partial charge in [-0.1, -0.05) is 11.6 Å². The molecule has 0 unspecified atom stereocenters. The Morgan fingerprint density at radius 3 is 2.53 bits per heavy atom. The Bertz CT molecular complexity index is 511. The molecule has 15 heavy (non-hydrogen) atoms. The molecule has 0 fully saturated rings. The van der Waals surface area contributed by atoms with E-state index in [0.29, 0.717) is 11.0 Å². The maximum Gasteiger partial charge on any atom is 0.159 e. The van der Waals surface area contributed by atoms with Crippen LogP contribution in [0.4, 0.5) is 0 Å². The number of imidazole rings is 1. The molecular formula is C8H5Br2ClN4. The van der Waals surface area contributed by atoms with Crippen LogP contribution in [0.25, 0.3) is 5.82 Å². The Kier molecular flexibility index (Phi) is 3.08. The molecule has 0 aromatic carbocycles. The average molecular weight is 352 g/mol. The van der Waals surface area contributed by atoms with Crippen LogP contribution in [0, 0.1) is 6.92 Å². The van der Waals surface area contributed by atoms with Gasteiger partial charge in [-0.2, -0.15) is 0 Å². The summed E-state index contributed by atoms with van der Waals surface area (Å²) in [5.74, 6) is 1.43. The third kappa shape index (κ3) is 2.07. The van der Waals surface area contributed by atoms with Gasteiger partial charge in [-0.15, -0.1) is 0 Å². The first-order chi connectivity index (χ1) is 7.09. The maximum atomic E-state index is 5.77. The summed E-state index contributed by atoms with van der Waals surface area (Å²) < 4.78 is 3.32. The Hall–Kier alpha value is -0.460. The first-order valence-electron chi connectivity index (χ1n) is 3.98. The highest BCUT2D eigenvalue weighted by atomic mass is 79.9. The fraction of sp³-hybridized carbons (Fsp3) is 0.125. The van der Waals surface area contributed by atoms with Crippen LogP contribution in [0.3, 0.4) is 0 Å². The van der Waals surface area contributed by atoms with Crippen molar-refractivity contribution < 1.29 is 0 Å². The molecule has 78 valence electrons. The molecule has 0 aliphatic rings.